The summed E-state index contributed by atoms with van der Waals surface area (Å²) in [6, 6.07) is 19.2. The highest BCUT2D eigenvalue weighted by Gasteiger charge is 2.47. The van der Waals surface area contributed by atoms with Crippen molar-refractivity contribution in [2.24, 2.45) is 5.92 Å². The summed E-state index contributed by atoms with van der Waals surface area (Å²) in [4.78, 5) is 1.31. The highest BCUT2D eigenvalue weighted by atomic mass is 32.2. The molecule has 0 radical (unpaired) electrons. The van der Waals surface area contributed by atoms with Gasteiger partial charge in [0.2, 0.25) is 0 Å². The van der Waals surface area contributed by atoms with Gasteiger partial charge in [0.25, 0.3) is 0 Å². The van der Waals surface area contributed by atoms with E-state index in [1.165, 1.54) is 49.0 Å². The molecule has 0 unspecified atom stereocenters. The van der Waals surface area contributed by atoms with E-state index in [-0.39, 0.29) is 5.54 Å². The lowest BCUT2D eigenvalue weighted by Gasteiger charge is -2.32. The van der Waals surface area contributed by atoms with Crippen molar-refractivity contribution in [2.75, 3.05) is 5.32 Å². The SMILES string of the molecule is S=C(Nc1ccc(CSc2ccccc2)cc1)NC1(C2CC2)CCCC1. The zero-order valence-electron chi connectivity index (χ0n) is 15.0. The van der Waals surface area contributed by atoms with Gasteiger partial charge in [-0.1, -0.05) is 43.2 Å². The minimum absolute atomic E-state index is 0.274. The van der Waals surface area contributed by atoms with E-state index in [0.717, 1.165) is 22.5 Å². The molecule has 136 valence electrons. The van der Waals surface area contributed by atoms with Crippen LogP contribution in [-0.4, -0.2) is 10.7 Å². The molecule has 0 amide bonds. The largest absolute Gasteiger partial charge is 0.357 e. The lowest BCUT2D eigenvalue weighted by Crippen LogP contribution is -2.49. The van der Waals surface area contributed by atoms with E-state index in [9.17, 15) is 0 Å². The van der Waals surface area contributed by atoms with Gasteiger partial charge in [-0.3, -0.25) is 0 Å². The van der Waals surface area contributed by atoms with E-state index < -0.39 is 0 Å². The van der Waals surface area contributed by atoms with Crippen LogP contribution in [0.15, 0.2) is 59.5 Å². The van der Waals surface area contributed by atoms with Crippen molar-refractivity contribution in [2.45, 2.75) is 54.7 Å². The predicted octanol–water partition coefficient (Wildman–Crippen LogP) is 5.99. The lowest BCUT2D eigenvalue weighted by molar-refractivity contribution is 0.340. The van der Waals surface area contributed by atoms with Crippen LogP contribution in [0.3, 0.4) is 0 Å². The number of hydrogen-bond donors (Lipinski definition) is 2. The third-order valence-electron chi connectivity index (χ3n) is 5.58. The number of thiocarbonyl (C=S) groups is 1. The van der Waals surface area contributed by atoms with Gasteiger partial charge in [0.1, 0.15) is 0 Å². The molecule has 2 saturated carbocycles. The standard InChI is InChI=1S/C22H26N2S2/c25-21(24-22(18-10-11-18)14-4-5-15-22)23-19-12-8-17(9-13-19)16-26-20-6-2-1-3-7-20/h1-3,6-9,12-13,18H,4-5,10-11,14-16H2,(H2,23,24,25). The van der Waals surface area contributed by atoms with Crippen LogP contribution in [0.25, 0.3) is 0 Å². The van der Waals surface area contributed by atoms with Crippen LogP contribution in [-0.2, 0) is 5.75 Å². The summed E-state index contributed by atoms with van der Waals surface area (Å²) in [5.74, 6) is 1.82. The maximum Gasteiger partial charge on any atom is 0.171 e. The van der Waals surface area contributed by atoms with E-state index in [1.54, 1.807) is 0 Å². The summed E-state index contributed by atoms with van der Waals surface area (Å²) in [6.45, 7) is 0. The number of anilines is 1. The van der Waals surface area contributed by atoms with Crippen molar-refractivity contribution < 1.29 is 0 Å². The third-order valence-corrected chi connectivity index (χ3v) is 6.86. The van der Waals surface area contributed by atoms with Gasteiger partial charge in [0, 0.05) is 21.9 Å². The summed E-state index contributed by atoms with van der Waals surface area (Å²) in [6.07, 6.45) is 7.94. The average Bonchev–Trinajstić information content (AvgIpc) is 3.43. The van der Waals surface area contributed by atoms with E-state index in [1.807, 2.05) is 11.8 Å². The molecule has 4 rings (SSSR count). The molecule has 2 fully saturated rings. The van der Waals surface area contributed by atoms with Crippen molar-refractivity contribution in [3.05, 3.63) is 60.2 Å². The van der Waals surface area contributed by atoms with E-state index in [2.05, 4.69) is 65.2 Å². The molecule has 2 aliphatic rings. The van der Waals surface area contributed by atoms with Crippen LogP contribution >= 0.6 is 24.0 Å². The number of benzene rings is 2. The maximum atomic E-state index is 5.61. The van der Waals surface area contributed by atoms with Gasteiger partial charge in [-0.25, -0.2) is 0 Å². The molecule has 0 saturated heterocycles. The van der Waals surface area contributed by atoms with Crippen molar-refractivity contribution in [1.82, 2.24) is 5.32 Å². The van der Waals surface area contributed by atoms with Gasteiger partial charge in [-0.15, -0.1) is 11.8 Å². The minimum atomic E-state index is 0.274. The normalized spacial score (nSPS) is 18.5. The molecule has 0 heterocycles. The molecule has 2 nitrogen and oxygen atoms in total. The van der Waals surface area contributed by atoms with Gasteiger partial charge >= 0.3 is 0 Å². The summed E-state index contributed by atoms with van der Waals surface area (Å²) in [5, 5.41) is 7.85. The Hall–Kier alpha value is -1.52. The third kappa shape index (κ3) is 4.41. The van der Waals surface area contributed by atoms with E-state index in [0.29, 0.717) is 0 Å². The first-order chi connectivity index (χ1) is 12.7. The van der Waals surface area contributed by atoms with Gasteiger partial charge in [-0.2, -0.15) is 0 Å². The first-order valence-electron chi connectivity index (χ1n) is 9.59. The minimum Gasteiger partial charge on any atom is -0.357 e. The molecule has 2 aromatic carbocycles. The fourth-order valence-electron chi connectivity index (χ4n) is 4.03. The summed E-state index contributed by atoms with van der Waals surface area (Å²) < 4.78 is 0. The Morgan fingerprint density at radius 1 is 1.00 bits per heavy atom. The molecule has 0 bridgehead atoms. The van der Waals surface area contributed by atoms with Gasteiger partial charge in [0.05, 0.1) is 0 Å². The van der Waals surface area contributed by atoms with Crippen LogP contribution in [0.1, 0.15) is 44.1 Å². The van der Waals surface area contributed by atoms with Crippen molar-refractivity contribution in [1.29, 1.82) is 0 Å². The second-order valence-electron chi connectivity index (χ2n) is 7.52. The highest BCUT2D eigenvalue weighted by Crippen LogP contribution is 2.48. The Labute approximate surface area is 166 Å². The lowest BCUT2D eigenvalue weighted by atomic mass is 9.91. The smallest absolute Gasteiger partial charge is 0.171 e. The number of rotatable bonds is 6. The maximum absolute atomic E-state index is 5.61. The van der Waals surface area contributed by atoms with Crippen LogP contribution in [0, 0.1) is 5.92 Å². The Morgan fingerprint density at radius 3 is 2.35 bits per heavy atom. The van der Waals surface area contributed by atoms with E-state index >= 15 is 0 Å². The monoisotopic (exact) mass is 382 g/mol. The topological polar surface area (TPSA) is 24.1 Å². The molecule has 2 aromatic rings. The predicted molar refractivity (Wildman–Crippen MR) is 116 cm³/mol. The quantitative estimate of drug-likeness (QED) is 0.473. The second kappa shape index (κ2) is 8.01. The van der Waals surface area contributed by atoms with Crippen LogP contribution in [0.5, 0.6) is 0 Å². The Bertz CT molecular complexity index is 732. The molecule has 2 N–H and O–H groups in total. The fraction of sp³-hybridized carbons (Fsp3) is 0.409. The Morgan fingerprint density at radius 2 is 1.69 bits per heavy atom. The van der Waals surface area contributed by atoms with Crippen LogP contribution in [0.4, 0.5) is 5.69 Å². The number of hydrogen-bond acceptors (Lipinski definition) is 2. The summed E-state index contributed by atoms with van der Waals surface area (Å²) in [7, 11) is 0. The molecule has 0 aromatic heterocycles. The van der Waals surface area contributed by atoms with Crippen molar-refractivity contribution in [3.63, 3.8) is 0 Å². The zero-order valence-corrected chi connectivity index (χ0v) is 16.7. The molecular weight excluding hydrogens is 356 g/mol. The zero-order chi connectivity index (χ0) is 17.8. The van der Waals surface area contributed by atoms with Gasteiger partial charge < -0.3 is 10.6 Å². The Kier molecular flexibility index (Phi) is 5.51. The molecule has 4 heteroatoms. The highest BCUT2D eigenvalue weighted by molar-refractivity contribution is 7.98. The van der Waals surface area contributed by atoms with E-state index in [4.69, 9.17) is 12.2 Å². The first kappa shape index (κ1) is 17.9. The molecule has 26 heavy (non-hydrogen) atoms. The fourth-order valence-corrected chi connectivity index (χ4v) is 5.23. The molecule has 2 aliphatic carbocycles. The van der Waals surface area contributed by atoms with Crippen LogP contribution in [0.2, 0.25) is 0 Å². The molecule has 0 spiro atoms. The molecule has 0 aliphatic heterocycles. The Balaban J connectivity index is 1.30. The first-order valence-corrected chi connectivity index (χ1v) is 11.0. The summed E-state index contributed by atoms with van der Waals surface area (Å²) >= 11 is 7.48. The second-order valence-corrected chi connectivity index (χ2v) is 8.97. The van der Waals surface area contributed by atoms with Gasteiger partial charge in [-0.05, 0) is 73.6 Å². The number of thioether (sulfide) groups is 1. The van der Waals surface area contributed by atoms with Crippen molar-refractivity contribution >= 4 is 34.8 Å². The molecular formula is C22H26N2S2. The van der Waals surface area contributed by atoms with Crippen molar-refractivity contribution in [3.8, 4) is 0 Å². The average molecular weight is 383 g/mol. The van der Waals surface area contributed by atoms with Gasteiger partial charge in [0.15, 0.2) is 5.11 Å². The summed E-state index contributed by atoms with van der Waals surface area (Å²) in [5.41, 5.74) is 2.67. The number of nitrogens with one attached hydrogen (secondary N) is 2. The van der Waals surface area contributed by atoms with Crippen LogP contribution < -0.4 is 10.6 Å². The molecule has 0 atom stereocenters.